The summed E-state index contributed by atoms with van der Waals surface area (Å²) in [6.45, 7) is 2.93. The molecular formula is C15H16ClN5O2S. The van der Waals surface area contributed by atoms with Gasteiger partial charge in [-0.05, 0) is 25.1 Å². The van der Waals surface area contributed by atoms with E-state index in [-0.39, 0.29) is 11.2 Å². The van der Waals surface area contributed by atoms with Crippen LogP contribution in [0.25, 0.3) is 0 Å². The fourth-order valence-corrected chi connectivity index (χ4v) is 2.89. The lowest BCUT2D eigenvalue weighted by atomic mass is 10.2. The molecule has 9 heteroatoms. The second-order valence-electron chi connectivity index (χ2n) is 4.86. The summed E-state index contributed by atoms with van der Waals surface area (Å²) in [5, 5.41) is 20.1. The third-order valence-corrected chi connectivity index (χ3v) is 4.53. The Kier molecular flexibility index (Phi) is 6.61. The van der Waals surface area contributed by atoms with Gasteiger partial charge >= 0.3 is 0 Å². The van der Waals surface area contributed by atoms with Crippen LogP contribution in [0.15, 0.2) is 29.7 Å². The quantitative estimate of drug-likeness (QED) is 0.758. The van der Waals surface area contributed by atoms with Crippen molar-refractivity contribution in [3.8, 4) is 6.07 Å². The molecule has 0 aliphatic rings. The van der Waals surface area contributed by atoms with E-state index < -0.39 is 0 Å². The van der Waals surface area contributed by atoms with Crippen molar-refractivity contribution >= 4 is 35.0 Å². The molecule has 0 fully saturated rings. The van der Waals surface area contributed by atoms with Gasteiger partial charge in [0.05, 0.1) is 22.4 Å². The van der Waals surface area contributed by atoms with Crippen LogP contribution in [0.4, 0.5) is 5.69 Å². The summed E-state index contributed by atoms with van der Waals surface area (Å²) in [6.07, 6.45) is 1.60. The number of aromatic nitrogens is 3. The molecule has 0 saturated heterocycles. The first kappa shape index (κ1) is 18.3. The summed E-state index contributed by atoms with van der Waals surface area (Å²) in [7, 11) is 1.62. The number of nitrogens with one attached hydrogen (secondary N) is 1. The largest absolute Gasteiger partial charge is 0.383 e. The lowest BCUT2D eigenvalue weighted by Gasteiger charge is -2.12. The maximum atomic E-state index is 12.3. The Morgan fingerprint density at radius 3 is 3.04 bits per heavy atom. The van der Waals surface area contributed by atoms with Crippen molar-refractivity contribution in [3.05, 3.63) is 35.1 Å². The molecule has 0 radical (unpaired) electrons. The topological polar surface area (TPSA) is 92.8 Å². The van der Waals surface area contributed by atoms with E-state index in [9.17, 15) is 4.79 Å². The fraction of sp³-hybridized carbons (Fsp3) is 0.333. The molecule has 1 unspecified atom stereocenters. The van der Waals surface area contributed by atoms with Gasteiger partial charge in [0.25, 0.3) is 0 Å². The highest BCUT2D eigenvalue weighted by atomic mass is 35.5. The zero-order valence-corrected chi connectivity index (χ0v) is 14.8. The number of ether oxygens (including phenoxy) is 1. The smallest absolute Gasteiger partial charge is 0.237 e. The molecule has 0 saturated carbocycles. The van der Waals surface area contributed by atoms with E-state index >= 15 is 0 Å². The van der Waals surface area contributed by atoms with Crippen LogP contribution in [0.5, 0.6) is 0 Å². The van der Waals surface area contributed by atoms with Crippen LogP contribution in [-0.4, -0.2) is 39.6 Å². The molecule has 126 valence electrons. The molecule has 0 aliphatic carbocycles. The molecule has 1 heterocycles. The summed E-state index contributed by atoms with van der Waals surface area (Å²) < 4.78 is 6.86. The van der Waals surface area contributed by atoms with Crippen LogP contribution in [-0.2, 0) is 16.1 Å². The van der Waals surface area contributed by atoms with Crippen molar-refractivity contribution in [3.63, 3.8) is 0 Å². The average Bonchev–Trinajstić information content (AvgIpc) is 3.00. The first-order chi connectivity index (χ1) is 11.5. The molecule has 1 N–H and O–H groups in total. The van der Waals surface area contributed by atoms with Gasteiger partial charge in [-0.1, -0.05) is 23.4 Å². The monoisotopic (exact) mass is 365 g/mol. The Morgan fingerprint density at radius 1 is 1.58 bits per heavy atom. The molecule has 1 amide bonds. The van der Waals surface area contributed by atoms with Crippen molar-refractivity contribution in [1.82, 2.24) is 14.8 Å². The maximum Gasteiger partial charge on any atom is 0.237 e. The summed E-state index contributed by atoms with van der Waals surface area (Å²) in [5.74, 6) is -0.193. The van der Waals surface area contributed by atoms with Crippen LogP contribution in [0.1, 0.15) is 12.5 Å². The van der Waals surface area contributed by atoms with E-state index in [2.05, 4.69) is 15.5 Å². The second kappa shape index (κ2) is 8.68. The lowest BCUT2D eigenvalue weighted by molar-refractivity contribution is -0.115. The van der Waals surface area contributed by atoms with Crippen molar-refractivity contribution in [2.45, 2.75) is 23.9 Å². The van der Waals surface area contributed by atoms with E-state index in [1.807, 2.05) is 10.6 Å². The summed E-state index contributed by atoms with van der Waals surface area (Å²) in [4.78, 5) is 12.3. The predicted molar refractivity (Wildman–Crippen MR) is 92.0 cm³/mol. The van der Waals surface area contributed by atoms with Gasteiger partial charge in [-0.25, -0.2) is 0 Å². The molecule has 1 aromatic carbocycles. The number of carbonyl (C=O) groups excluding carboxylic acids is 1. The van der Waals surface area contributed by atoms with Gasteiger partial charge in [0.2, 0.25) is 5.91 Å². The summed E-state index contributed by atoms with van der Waals surface area (Å²) in [5.41, 5.74) is 0.903. The number of halogens is 1. The highest BCUT2D eigenvalue weighted by Gasteiger charge is 2.18. The number of anilines is 1. The number of hydrogen-bond donors (Lipinski definition) is 1. The first-order valence-electron chi connectivity index (χ1n) is 7.09. The van der Waals surface area contributed by atoms with Crippen LogP contribution in [0.3, 0.4) is 0 Å². The molecule has 0 aliphatic heterocycles. The molecule has 7 nitrogen and oxygen atoms in total. The predicted octanol–water partition coefficient (Wildman–Crippen LogP) is 2.57. The SMILES string of the molecule is COCCn1cnnc1SC(C)C(=O)Nc1ccc(C#N)c(Cl)c1. The third-order valence-electron chi connectivity index (χ3n) is 3.12. The van der Waals surface area contributed by atoms with Gasteiger partial charge in [-0.3, -0.25) is 4.79 Å². The van der Waals surface area contributed by atoms with E-state index in [1.165, 1.54) is 11.8 Å². The van der Waals surface area contributed by atoms with Crippen molar-refractivity contribution in [1.29, 1.82) is 5.26 Å². The Balaban J connectivity index is 1.99. The number of rotatable bonds is 7. The molecule has 2 rings (SSSR count). The number of thioether (sulfide) groups is 1. The number of methoxy groups -OCH3 is 1. The van der Waals surface area contributed by atoms with Crippen LogP contribution < -0.4 is 5.32 Å². The molecule has 2 aromatic rings. The van der Waals surface area contributed by atoms with Gasteiger partial charge in [-0.15, -0.1) is 10.2 Å². The fourth-order valence-electron chi connectivity index (χ4n) is 1.82. The number of carbonyl (C=O) groups is 1. The molecular weight excluding hydrogens is 350 g/mol. The average molecular weight is 366 g/mol. The van der Waals surface area contributed by atoms with E-state index in [0.717, 1.165) is 0 Å². The van der Waals surface area contributed by atoms with Gasteiger partial charge in [0, 0.05) is 19.3 Å². The molecule has 1 aromatic heterocycles. The number of nitriles is 1. The van der Waals surface area contributed by atoms with Crippen molar-refractivity contribution < 1.29 is 9.53 Å². The summed E-state index contributed by atoms with van der Waals surface area (Å²) in [6, 6.07) is 6.73. The Hall–Kier alpha value is -2.08. The highest BCUT2D eigenvalue weighted by molar-refractivity contribution is 8.00. The third kappa shape index (κ3) is 4.71. The number of benzene rings is 1. The Bertz CT molecular complexity index is 759. The van der Waals surface area contributed by atoms with Gasteiger partial charge in [0.1, 0.15) is 12.4 Å². The number of hydrogen-bond acceptors (Lipinski definition) is 6. The zero-order valence-electron chi connectivity index (χ0n) is 13.2. The number of nitrogens with zero attached hydrogens (tertiary/aromatic N) is 4. The van der Waals surface area contributed by atoms with E-state index in [1.54, 1.807) is 38.6 Å². The van der Waals surface area contributed by atoms with Gasteiger partial charge in [0.15, 0.2) is 5.16 Å². The minimum absolute atomic E-state index is 0.193. The highest BCUT2D eigenvalue weighted by Crippen LogP contribution is 2.24. The lowest BCUT2D eigenvalue weighted by Crippen LogP contribution is -2.23. The second-order valence-corrected chi connectivity index (χ2v) is 6.57. The van der Waals surface area contributed by atoms with E-state index in [4.69, 9.17) is 21.6 Å². The minimum atomic E-state index is -0.384. The zero-order chi connectivity index (χ0) is 17.5. The molecule has 1 atom stereocenters. The van der Waals surface area contributed by atoms with Crippen molar-refractivity contribution in [2.24, 2.45) is 0 Å². The van der Waals surface area contributed by atoms with E-state index in [0.29, 0.717) is 34.6 Å². The first-order valence-corrected chi connectivity index (χ1v) is 8.34. The molecule has 24 heavy (non-hydrogen) atoms. The van der Waals surface area contributed by atoms with Crippen LogP contribution in [0.2, 0.25) is 5.02 Å². The van der Waals surface area contributed by atoms with Gasteiger partial charge in [-0.2, -0.15) is 5.26 Å². The van der Waals surface area contributed by atoms with Crippen molar-refractivity contribution in [2.75, 3.05) is 19.0 Å². The summed E-state index contributed by atoms with van der Waals surface area (Å²) >= 11 is 7.27. The van der Waals surface area contributed by atoms with Gasteiger partial charge < -0.3 is 14.6 Å². The molecule has 0 spiro atoms. The van der Waals surface area contributed by atoms with Crippen LogP contribution >= 0.6 is 23.4 Å². The maximum absolute atomic E-state index is 12.3. The minimum Gasteiger partial charge on any atom is -0.383 e. The van der Waals surface area contributed by atoms with Crippen LogP contribution in [0, 0.1) is 11.3 Å². The molecule has 0 bridgehead atoms. The Morgan fingerprint density at radius 2 is 2.38 bits per heavy atom. The standard InChI is InChI=1S/C15H16ClN5O2S/c1-10(24-15-20-18-9-21(15)5-6-23-2)14(22)19-12-4-3-11(8-17)13(16)7-12/h3-4,7,9-10H,5-6H2,1-2H3,(H,19,22). The number of amides is 1. The normalized spacial score (nSPS) is 11.8. The Labute approximate surface area is 149 Å².